The lowest BCUT2D eigenvalue weighted by atomic mass is 9.70. The van der Waals surface area contributed by atoms with Crippen molar-refractivity contribution in [3.05, 3.63) is 144 Å². The van der Waals surface area contributed by atoms with Crippen molar-refractivity contribution in [3.8, 4) is 0 Å². The number of rotatable bonds is 7. The van der Waals surface area contributed by atoms with E-state index in [1.54, 1.807) is 20.8 Å². The van der Waals surface area contributed by atoms with Crippen LogP contribution < -0.4 is 0 Å². The van der Waals surface area contributed by atoms with Gasteiger partial charge in [-0.15, -0.1) is 0 Å². The number of aliphatic hydroxyl groups is 1. The third-order valence-corrected chi connectivity index (χ3v) is 25.0. The number of aliphatic hydroxyl groups excluding tert-OH is 1. The minimum Gasteiger partial charge on any atom is -0.389 e. The van der Waals surface area contributed by atoms with Gasteiger partial charge in [-0.25, -0.2) is 8.42 Å². The molecular formula is C52H70O7P2S. The van der Waals surface area contributed by atoms with Gasteiger partial charge < -0.3 is 19.0 Å². The Morgan fingerprint density at radius 1 is 0.645 bits per heavy atom. The van der Waals surface area contributed by atoms with Gasteiger partial charge in [0.1, 0.15) is 12.9 Å². The standard InChI is InChI=1S/C17H19O2P.C17H19OP.C14H24O3S.C4H8O/c18-13-20(19)16(14-7-3-1-4-8-14)11-12-17(20)15-9-5-2-6-10-15;1-19(18)16(14-8-4-2-5-9-14)12-13-17(19)15-10-6-3-7-11-15;1-12(2,3)18(16,17)9-14-7-6-10(8-11(14)15)13(14,4)5;1-2-4-5-3-1/h1-10,16-18H,11-13H2;2-11,16-17H,12-13H2,1H3;10H,6-9H2,1-5H3;1-4H2/t2*16-,17-;10?,14-;/m001./s1. The van der Waals surface area contributed by atoms with Crippen molar-refractivity contribution in [2.24, 2.45) is 16.7 Å². The van der Waals surface area contributed by atoms with Crippen LogP contribution in [0.3, 0.4) is 0 Å². The maximum atomic E-state index is 13.4. The van der Waals surface area contributed by atoms with Gasteiger partial charge in [0.2, 0.25) is 0 Å². The van der Waals surface area contributed by atoms with E-state index >= 15 is 0 Å². The highest BCUT2D eigenvalue weighted by molar-refractivity contribution is 7.92. The van der Waals surface area contributed by atoms with Crippen molar-refractivity contribution in [1.82, 2.24) is 0 Å². The van der Waals surface area contributed by atoms with E-state index in [-0.39, 0.29) is 45.9 Å². The van der Waals surface area contributed by atoms with Crippen LogP contribution in [0.1, 0.15) is 137 Å². The normalized spacial score (nSPS) is 27.9. The minimum absolute atomic E-state index is 0.00101. The van der Waals surface area contributed by atoms with E-state index < -0.39 is 34.3 Å². The molecule has 4 aromatic carbocycles. The summed E-state index contributed by atoms with van der Waals surface area (Å²) >= 11 is 0. The molecule has 7 nitrogen and oxygen atoms in total. The summed E-state index contributed by atoms with van der Waals surface area (Å²) in [5.41, 5.74) is 4.37. The van der Waals surface area contributed by atoms with Crippen molar-refractivity contribution in [2.45, 2.75) is 120 Å². The summed E-state index contributed by atoms with van der Waals surface area (Å²) in [5.74, 6) is 0.586. The first-order valence-corrected chi connectivity index (χ1v) is 28.7. The second-order valence-corrected chi connectivity index (χ2v) is 29.1. The van der Waals surface area contributed by atoms with E-state index in [9.17, 15) is 27.4 Å². The largest absolute Gasteiger partial charge is 0.389 e. The molecule has 2 saturated carbocycles. The molecule has 3 saturated heterocycles. The highest BCUT2D eigenvalue weighted by atomic mass is 32.2. The number of ketones is 1. The van der Waals surface area contributed by atoms with E-state index in [0.29, 0.717) is 12.3 Å². The fourth-order valence-corrected chi connectivity index (χ4v) is 19.2. The molecule has 9 rings (SSSR count). The minimum atomic E-state index is -3.25. The first-order valence-electron chi connectivity index (χ1n) is 22.7. The zero-order valence-corrected chi connectivity index (χ0v) is 40.4. The van der Waals surface area contributed by atoms with Crippen molar-refractivity contribution in [1.29, 1.82) is 0 Å². The van der Waals surface area contributed by atoms with Gasteiger partial charge in [-0.3, -0.25) is 4.79 Å². The Bertz CT molecular complexity index is 2160. The maximum absolute atomic E-state index is 13.4. The van der Waals surface area contributed by atoms with E-state index in [4.69, 9.17) is 4.74 Å². The van der Waals surface area contributed by atoms with Gasteiger partial charge in [-0.05, 0) is 112 Å². The number of carbonyl (C=O) groups excluding carboxylic acids is 1. The topological polar surface area (TPSA) is 115 Å². The molecule has 336 valence electrons. The summed E-state index contributed by atoms with van der Waals surface area (Å²) in [7, 11) is -8.12. The maximum Gasteiger partial charge on any atom is 0.156 e. The average Bonchev–Trinajstić information content (AvgIpc) is 4.09. The van der Waals surface area contributed by atoms with Crippen LogP contribution in [0.5, 0.6) is 0 Å². The van der Waals surface area contributed by atoms with E-state index in [1.165, 1.54) is 24.0 Å². The number of benzene rings is 4. The molecule has 62 heavy (non-hydrogen) atoms. The predicted octanol–water partition coefficient (Wildman–Crippen LogP) is 13.2. The molecule has 10 heteroatoms. The van der Waals surface area contributed by atoms with Crippen LogP contribution in [0.4, 0.5) is 0 Å². The highest BCUT2D eigenvalue weighted by Crippen LogP contribution is 2.76. The van der Waals surface area contributed by atoms with Gasteiger partial charge in [-0.1, -0.05) is 135 Å². The number of hydrogen-bond donors (Lipinski definition) is 1. The van der Waals surface area contributed by atoms with Crippen LogP contribution in [0, 0.1) is 16.7 Å². The van der Waals surface area contributed by atoms with Crippen molar-refractivity contribution < 1.29 is 32.2 Å². The van der Waals surface area contributed by atoms with Crippen LogP contribution >= 0.6 is 14.3 Å². The lowest BCUT2D eigenvalue weighted by molar-refractivity contribution is -0.128. The van der Waals surface area contributed by atoms with E-state index in [0.717, 1.165) is 62.9 Å². The van der Waals surface area contributed by atoms with Crippen LogP contribution in [0.2, 0.25) is 0 Å². The number of carbonyl (C=O) groups is 1. The van der Waals surface area contributed by atoms with Crippen LogP contribution in [0.25, 0.3) is 0 Å². The van der Waals surface area contributed by atoms with Crippen LogP contribution in [0.15, 0.2) is 121 Å². The Balaban J connectivity index is 0.000000147. The third kappa shape index (κ3) is 10.1. The Labute approximate surface area is 372 Å². The van der Waals surface area contributed by atoms with Gasteiger partial charge in [0.15, 0.2) is 9.84 Å². The molecule has 6 atom stereocenters. The summed E-state index contributed by atoms with van der Waals surface area (Å²) in [6.07, 6.45) is 8.54. The lowest BCUT2D eigenvalue weighted by Gasteiger charge is -2.38. The van der Waals surface area contributed by atoms with Gasteiger partial charge in [0.05, 0.1) is 24.0 Å². The second kappa shape index (κ2) is 20.0. The molecular weight excluding hydrogens is 831 g/mol. The molecule has 0 radical (unpaired) electrons. The van der Waals surface area contributed by atoms with Gasteiger partial charge >= 0.3 is 0 Å². The second-order valence-electron chi connectivity index (χ2n) is 19.8. The lowest BCUT2D eigenvalue weighted by Crippen LogP contribution is -2.46. The fourth-order valence-electron chi connectivity index (χ4n) is 10.8. The summed E-state index contributed by atoms with van der Waals surface area (Å²) in [6.45, 7) is 13.3. The monoisotopic (exact) mass is 900 g/mol. The number of Topliss-reactive ketones (excluding diaryl/α,β-unsaturated/α-hetero) is 1. The molecule has 0 amide bonds. The van der Waals surface area contributed by atoms with Crippen molar-refractivity contribution in [2.75, 3.05) is 32.0 Å². The third-order valence-electron chi connectivity index (χ3n) is 15.0. The molecule has 2 aliphatic carbocycles. The summed E-state index contributed by atoms with van der Waals surface area (Å²) < 4.78 is 55.8. The van der Waals surface area contributed by atoms with Gasteiger partial charge in [-0.2, -0.15) is 0 Å². The Morgan fingerprint density at radius 3 is 1.31 bits per heavy atom. The number of fused-ring (bicyclic) bond motifs is 2. The molecule has 5 fully saturated rings. The molecule has 3 heterocycles. The van der Waals surface area contributed by atoms with Gasteiger partial charge in [0.25, 0.3) is 0 Å². The molecule has 0 spiro atoms. The van der Waals surface area contributed by atoms with Crippen LogP contribution in [-0.2, 0) is 28.5 Å². The fraction of sp³-hybridized carbons (Fsp3) is 0.519. The van der Waals surface area contributed by atoms with Gasteiger partial charge in [0, 0.05) is 47.7 Å². The first kappa shape index (κ1) is 48.3. The SMILES string of the molecule is C1CCOC1.CC1(C)C2CC[C@@]1(CS(=O)(=O)C(C)(C)C)C(=O)C2.CP1(=O)[C@H](c2ccccc2)CC[C@H]1c1ccccc1.O=P1(CO)[C@H](c2ccccc2)CC[C@H]1c1ccccc1. The Kier molecular flexibility index (Phi) is 15.6. The van der Waals surface area contributed by atoms with Crippen molar-refractivity contribution >= 4 is 29.9 Å². The smallest absolute Gasteiger partial charge is 0.156 e. The summed E-state index contributed by atoms with van der Waals surface area (Å²) in [4.78, 5) is 12.3. The first-order chi connectivity index (χ1) is 29.4. The number of sulfone groups is 1. The van der Waals surface area contributed by atoms with E-state index in [1.807, 2.05) is 104 Å². The Hall–Kier alpha value is -3.12. The summed E-state index contributed by atoms with van der Waals surface area (Å²) in [6, 6.07) is 40.7. The molecule has 0 aromatic heterocycles. The highest BCUT2D eigenvalue weighted by Gasteiger charge is 2.65. The zero-order chi connectivity index (χ0) is 44.8. The van der Waals surface area contributed by atoms with E-state index in [2.05, 4.69) is 38.1 Å². The molecule has 3 aliphatic heterocycles. The average molecular weight is 901 g/mol. The predicted molar refractivity (Wildman–Crippen MR) is 256 cm³/mol. The quantitative estimate of drug-likeness (QED) is 0.184. The summed E-state index contributed by atoms with van der Waals surface area (Å²) in [5, 5.41) is 9.83. The molecule has 5 aliphatic rings. The zero-order valence-electron chi connectivity index (χ0n) is 37.8. The number of ether oxygens (including phenoxy) is 1. The molecule has 1 N–H and O–H groups in total. The number of hydrogen-bond acceptors (Lipinski definition) is 7. The molecule has 2 bridgehead atoms. The Morgan fingerprint density at radius 2 is 1.02 bits per heavy atom. The van der Waals surface area contributed by atoms with Crippen LogP contribution in [-0.4, -0.2) is 56.0 Å². The van der Waals surface area contributed by atoms with Crippen molar-refractivity contribution in [3.63, 3.8) is 0 Å². The molecule has 4 aromatic rings. The molecule has 1 unspecified atom stereocenters.